The maximum atomic E-state index is 12.9. The number of nitrogens with zero attached hydrogens (tertiary/aromatic N) is 2. The smallest absolute Gasteiger partial charge is 0.243 e. The number of amides is 1. The van der Waals surface area contributed by atoms with E-state index in [1.807, 2.05) is 4.90 Å². The maximum absolute atomic E-state index is 12.9. The van der Waals surface area contributed by atoms with E-state index in [2.05, 4.69) is 0 Å². The number of methoxy groups -OCH3 is 1. The number of piperidine rings is 1. The standard InChI is InChI=1S/C19H27ClN2O4S/c1-26-18-7-6-16(14-17(18)20)27(24,25)22-12-8-15(9-13-22)19(23)21-10-4-2-3-5-11-21/h6-7,14-15H,2-5,8-13H2,1H3. The van der Waals surface area contributed by atoms with Gasteiger partial charge in [0.2, 0.25) is 15.9 Å². The molecule has 2 aliphatic rings. The molecule has 2 heterocycles. The first kappa shape index (κ1) is 20.4. The molecule has 8 heteroatoms. The third-order valence-corrected chi connectivity index (χ3v) is 7.67. The van der Waals surface area contributed by atoms with Crippen molar-refractivity contribution in [3.05, 3.63) is 23.2 Å². The predicted molar refractivity (Wildman–Crippen MR) is 105 cm³/mol. The number of likely N-dealkylation sites (tertiary alicyclic amines) is 1. The lowest BCUT2D eigenvalue weighted by molar-refractivity contribution is -0.136. The van der Waals surface area contributed by atoms with Gasteiger partial charge in [0, 0.05) is 32.1 Å². The molecule has 0 aromatic heterocycles. The van der Waals surface area contributed by atoms with Crippen molar-refractivity contribution >= 4 is 27.5 Å². The van der Waals surface area contributed by atoms with E-state index >= 15 is 0 Å². The summed E-state index contributed by atoms with van der Waals surface area (Å²) in [6.45, 7) is 2.38. The van der Waals surface area contributed by atoms with Crippen molar-refractivity contribution in [2.24, 2.45) is 5.92 Å². The number of hydrogen-bond donors (Lipinski definition) is 0. The monoisotopic (exact) mass is 414 g/mol. The fraction of sp³-hybridized carbons (Fsp3) is 0.632. The van der Waals surface area contributed by atoms with Gasteiger partial charge in [-0.05, 0) is 43.9 Å². The first-order valence-corrected chi connectivity index (χ1v) is 11.4. The Morgan fingerprint density at radius 2 is 1.70 bits per heavy atom. The summed E-state index contributed by atoms with van der Waals surface area (Å²) in [6, 6.07) is 4.49. The normalized spacial score (nSPS) is 20.3. The van der Waals surface area contributed by atoms with Crippen molar-refractivity contribution < 1.29 is 17.9 Å². The highest BCUT2D eigenvalue weighted by molar-refractivity contribution is 7.89. The highest BCUT2D eigenvalue weighted by Crippen LogP contribution is 2.30. The van der Waals surface area contributed by atoms with Crippen LogP contribution in [0.15, 0.2) is 23.1 Å². The van der Waals surface area contributed by atoms with Gasteiger partial charge in [-0.2, -0.15) is 4.31 Å². The van der Waals surface area contributed by atoms with Gasteiger partial charge in [0.05, 0.1) is 17.0 Å². The van der Waals surface area contributed by atoms with Gasteiger partial charge in [-0.25, -0.2) is 8.42 Å². The summed E-state index contributed by atoms with van der Waals surface area (Å²) in [4.78, 5) is 14.9. The minimum atomic E-state index is -3.62. The summed E-state index contributed by atoms with van der Waals surface area (Å²) in [6.07, 6.45) is 5.64. The fourth-order valence-electron chi connectivity index (χ4n) is 3.85. The largest absolute Gasteiger partial charge is 0.495 e. The topological polar surface area (TPSA) is 66.9 Å². The number of ether oxygens (including phenoxy) is 1. The van der Waals surface area contributed by atoms with Gasteiger partial charge in [-0.1, -0.05) is 24.4 Å². The van der Waals surface area contributed by atoms with E-state index in [9.17, 15) is 13.2 Å². The van der Waals surface area contributed by atoms with E-state index in [-0.39, 0.29) is 21.7 Å². The summed E-state index contributed by atoms with van der Waals surface area (Å²) in [7, 11) is -2.13. The second-order valence-electron chi connectivity index (χ2n) is 7.21. The molecule has 0 aliphatic carbocycles. The van der Waals surface area contributed by atoms with Crippen molar-refractivity contribution in [3.63, 3.8) is 0 Å². The Labute approximate surface area is 166 Å². The van der Waals surface area contributed by atoms with Crippen molar-refractivity contribution in [1.82, 2.24) is 9.21 Å². The molecule has 1 aromatic carbocycles. The highest BCUT2D eigenvalue weighted by atomic mass is 35.5. The zero-order valence-electron chi connectivity index (χ0n) is 15.7. The minimum Gasteiger partial charge on any atom is -0.495 e. The summed E-state index contributed by atoms with van der Waals surface area (Å²) in [5.74, 6) is 0.563. The molecule has 2 saturated heterocycles. The van der Waals surface area contributed by atoms with Crippen LogP contribution in [0.3, 0.4) is 0 Å². The van der Waals surface area contributed by atoms with Crippen LogP contribution in [-0.2, 0) is 14.8 Å². The van der Waals surface area contributed by atoms with Crippen molar-refractivity contribution in [2.75, 3.05) is 33.3 Å². The van der Waals surface area contributed by atoms with E-state index < -0.39 is 10.0 Å². The van der Waals surface area contributed by atoms with Crippen LogP contribution in [0.1, 0.15) is 38.5 Å². The quantitative estimate of drug-likeness (QED) is 0.759. The molecule has 0 unspecified atom stereocenters. The van der Waals surface area contributed by atoms with E-state index in [1.54, 1.807) is 6.07 Å². The van der Waals surface area contributed by atoms with Crippen molar-refractivity contribution in [2.45, 2.75) is 43.4 Å². The Balaban J connectivity index is 1.64. The van der Waals surface area contributed by atoms with E-state index in [4.69, 9.17) is 16.3 Å². The van der Waals surface area contributed by atoms with Gasteiger partial charge in [-0.15, -0.1) is 0 Å². The van der Waals surface area contributed by atoms with Gasteiger partial charge in [0.1, 0.15) is 5.75 Å². The summed E-state index contributed by atoms with van der Waals surface area (Å²) in [5.41, 5.74) is 0. The fourth-order valence-corrected chi connectivity index (χ4v) is 5.67. The van der Waals surface area contributed by atoms with Crippen LogP contribution in [0.25, 0.3) is 0 Å². The number of benzene rings is 1. The van der Waals surface area contributed by atoms with Crippen molar-refractivity contribution in [3.8, 4) is 5.75 Å². The van der Waals surface area contributed by atoms with Crippen molar-refractivity contribution in [1.29, 1.82) is 0 Å². The third kappa shape index (κ3) is 4.58. The lowest BCUT2D eigenvalue weighted by Crippen LogP contribution is -2.44. The Hall–Kier alpha value is -1.31. The second kappa shape index (κ2) is 8.80. The van der Waals surface area contributed by atoms with Gasteiger partial charge in [-0.3, -0.25) is 4.79 Å². The van der Waals surface area contributed by atoms with E-state index in [0.29, 0.717) is 31.7 Å². The van der Waals surface area contributed by atoms with Crippen LogP contribution >= 0.6 is 11.6 Å². The molecular formula is C19H27ClN2O4S. The predicted octanol–water partition coefficient (Wildman–Crippen LogP) is 3.15. The van der Waals surface area contributed by atoms with Crippen LogP contribution in [-0.4, -0.2) is 56.8 Å². The molecule has 0 atom stereocenters. The Kier molecular flexibility index (Phi) is 6.65. The molecule has 1 amide bonds. The van der Waals surface area contributed by atoms with Gasteiger partial charge >= 0.3 is 0 Å². The number of halogens is 1. The Morgan fingerprint density at radius 3 is 2.26 bits per heavy atom. The molecule has 0 saturated carbocycles. The average Bonchev–Trinajstić information content (AvgIpc) is 2.97. The molecule has 0 bridgehead atoms. The molecule has 2 aliphatic heterocycles. The molecule has 0 spiro atoms. The number of sulfonamides is 1. The Bertz CT molecular complexity index is 768. The molecular weight excluding hydrogens is 388 g/mol. The van der Waals surface area contributed by atoms with Crippen LogP contribution < -0.4 is 4.74 Å². The molecule has 150 valence electrons. The molecule has 3 rings (SSSR count). The van der Waals surface area contributed by atoms with Crippen LogP contribution in [0.4, 0.5) is 0 Å². The summed E-state index contributed by atoms with van der Waals surface area (Å²) < 4.78 is 32.3. The van der Waals surface area contributed by atoms with Crippen LogP contribution in [0.5, 0.6) is 5.75 Å². The lowest BCUT2D eigenvalue weighted by atomic mass is 9.96. The van der Waals surface area contributed by atoms with E-state index in [1.165, 1.54) is 36.4 Å². The summed E-state index contributed by atoms with van der Waals surface area (Å²) in [5, 5.41) is 0.268. The number of hydrogen-bond acceptors (Lipinski definition) is 4. The minimum absolute atomic E-state index is 0.0750. The van der Waals surface area contributed by atoms with Gasteiger partial charge in [0.15, 0.2) is 0 Å². The molecule has 6 nitrogen and oxygen atoms in total. The molecule has 0 N–H and O–H groups in total. The SMILES string of the molecule is COc1ccc(S(=O)(=O)N2CCC(C(=O)N3CCCCCC3)CC2)cc1Cl. The summed E-state index contributed by atoms with van der Waals surface area (Å²) >= 11 is 6.08. The maximum Gasteiger partial charge on any atom is 0.243 e. The molecule has 2 fully saturated rings. The van der Waals surface area contributed by atoms with Crippen LogP contribution in [0, 0.1) is 5.92 Å². The molecule has 27 heavy (non-hydrogen) atoms. The van der Waals surface area contributed by atoms with Crippen LogP contribution in [0.2, 0.25) is 5.02 Å². The third-order valence-electron chi connectivity index (χ3n) is 5.48. The number of carbonyl (C=O) groups excluding carboxylic acids is 1. The first-order chi connectivity index (χ1) is 12.9. The zero-order valence-corrected chi connectivity index (χ0v) is 17.3. The average molecular weight is 415 g/mol. The number of rotatable bonds is 4. The van der Waals surface area contributed by atoms with E-state index in [0.717, 1.165) is 25.9 Å². The van der Waals surface area contributed by atoms with Gasteiger partial charge in [0.25, 0.3) is 0 Å². The first-order valence-electron chi connectivity index (χ1n) is 9.56. The second-order valence-corrected chi connectivity index (χ2v) is 9.56. The Morgan fingerprint density at radius 1 is 1.07 bits per heavy atom. The van der Waals surface area contributed by atoms with Gasteiger partial charge < -0.3 is 9.64 Å². The number of carbonyl (C=O) groups is 1. The molecule has 0 radical (unpaired) electrons. The lowest BCUT2D eigenvalue weighted by Gasteiger charge is -2.33. The zero-order chi connectivity index (χ0) is 19.4. The molecule has 1 aromatic rings. The highest BCUT2D eigenvalue weighted by Gasteiger charge is 2.34.